The Hall–Kier alpha value is -2.53. The minimum atomic E-state index is -0.0900. The zero-order chi connectivity index (χ0) is 17.6. The van der Waals surface area contributed by atoms with Gasteiger partial charge in [-0.25, -0.2) is 4.79 Å². The standard InChI is InChI=1S/C20H24N2O3/c1-15-3-2-4-19(13-15)25-18-7-5-17(6-8-18)21-20(24)22-11-9-16(14-22)10-12-23/h2-8,13,16,23H,9-12,14H2,1H3,(H,21,24). The molecule has 1 aliphatic rings. The number of rotatable bonds is 5. The number of benzene rings is 2. The van der Waals surface area contributed by atoms with E-state index in [1.165, 1.54) is 0 Å². The second-order valence-corrected chi connectivity index (χ2v) is 6.49. The Labute approximate surface area is 148 Å². The molecule has 3 rings (SSSR count). The van der Waals surface area contributed by atoms with Gasteiger partial charge in [-0.15, -0.1) is 0 Å². The van der Waals surface area contributed by atoms with E-state index in [9.17, 15) is 4.79 Å². The van der Waals surface area contributed by atoms with E-state index in [0.29, 0.717) is 12.5 Å². The molecule has 2 aromatic rings. The molecule has 0 radical (unpaired) electrons. The van der Waals surface area contributed by atoms with Gasteiger partial charge in [0.2, 0.25) is 0 Å². The monoisotopic (exact) mass is 340 g/mol. The summed E-state index contributed by atoms with van der Waals surface area (Å²) in [5, 5.41) is 11.9. The first-order valence-electron chi connectivity index (χ1n) is 8.65. The van der Waals surface area contributed by atoms with Gasteiger partial charge in [0, 0.05) is 25.4 Å². The van der Waals surface area contributed by atoms with Crippen molar-refractivity contribution >= 4 is 11.7 Å². The van der Waals surface area contributed by atoms with Gasteiger partial charge in [-0.1, -0.05) is 12.1 Å². The molecule has 1 fully saturated rings. The Morgan fingerprint density at radius 3 is 2.76 bits per heavy atom. The lowest BCUT2D eigenvalue weighted by Gasteiger charge is -2.17. The SMILES string of the molecule is Cc1cccc(Oc2ccc(NC(=O)N3CCC(CCO)C3)cc2)c1. The third-order valence-corrected chi connectivity index (χ3v) is 4.44. The quantitative estimate of drug-likeness (QED) is 0.864. The predicted molar refractivity (Wildman–Crippen MR) is 98.1 cm³/mol. The van der Waals surface area contributed by atoms with E-state index in [4.69, 9.17) is 9.84 Å². The van der Waals surface area contributed by atoms with E-state index in [-0.39, 0.29) is 12.6 Å². The van der Waals surface area contributed by atoms with Crippen molar-refractivity contribution in [1.29, 1.82) is 0 Å². The van der Waals surface area contributed by atoms with Gasteiger partial charge in [0.05, 0.1) is 0 Å². The van der Waals surface area contributed by atoms with Gasteiger partial charge in [0.1, 0.15) is 11.5 Å². The number of carbonyl (C=O) groups excluding carboxylic acids is 1. The van der Waals surface area contributed by atoms with Crippen LogP contribution in [-0.4, -0.2) is 35.7 Å². The molecule has 1 unspecified atom stereocenters. The fourth-order valence-corrected chi connectivity index (χ4v) is 3.06. The molecule has 1 heterocycles. The van der Waals surface area contributed by atoms with Crippen LogP contribution in [0.4, 0.5) is 10.5 Å². The van der Waals surface area contributed by atoms with Gasteiger partial charge in [0.25, 0.3) is 0 Å². The zero-order valence-corrected chi connectivity index (χ0v) is 14.4. The van der Waals surface area contributed by atoms with Crippen molar-refractivity contribution in [3.8, 4) is 11.5 Å². The number of amides is 2. The largest absolute Gasteiger partial charge is 0.457 e. The number of carbonyl (C=O) groups is 1. The Kier molecular flexibility index (Phi) is 5.56. The van der Waals surface area contributed by atoms with E-state index >= 15 is 0 Å². The molecule has 1 atom stereocenters. The average molecular weight is 340 g/mol. The van der Waals surface area contributed by atoms with Crippen LogP contribution >= 0.6 is 0 Å². The van der Waals surface area contributed by atoms with E-state index in [0.717, 1.165) is 42.1 Å². The van der Waals surface area contributed by atoms with Crippen LogP contribution in [-0.2, 0) is 0 Å². The van der Waals surface area contributed by atoms with Crippen LogP contribution in [0.3, 0.4) is 0 Å². The zero-order valence-electron chi connectivity index (χ0n) is 14.4. The van der Waals surface area contributed by atoms with Crippen molar-refractivity contribution in [3.63, 3.8) is 0 Å². The van der Waals surface area contributed by atoms with Gasteiger partial charge < -0.3 is 20.1 Å². The van der Waals surface area contributed by atoms with E-state index in [1.54, 1.807) is 4.90 Å². The normalized spacial score (nSPS) is 16.7. The molecule has 0 bridgehead atoms. The summed E-state index contributed by atoms with van der Waals surface area (Å²) in [6.45, 7) is 3.66. The van der Waals surface area contributed by atoms with Gasteiger partial charge in [-0.3, -0.25) is 0 Å². The summed E-state index contributed by atoms with van der Waals surface area (Å²) in [5.74, 6) is 1.93. The number of hydrogen-bond acceptors (Lipinski definition) is 3. The lowest BCUT2D eigenvalue weighted by molar-refractivity contribution is 0.217. The molecule has 0 aromatic heterocycles. The smallest absolute Gasteiger partial charge is 0.321 e. The van der Waals surface area contributed by atoms with E-state index in [2.05, 4.69) is 5.32 Å². The summed E-state index contributed by atoms with van der Waals surface area (Å²) in [4.78, 5) is 14.1. The molecular weight excluding hydrogens is 316 g/mol. The first-order valence-corrected chi connectivity index (χ1v) is 8.65. The summed E-state index contributed by atoms with van der Waals surface area (Å²) in [7, 11) is 0. The van der Waals surface area contributed by atoms with Gasteiger partial charge in [-0.2, -0.15) is 0 Å². The second-order valence-electron chi connectivity index (χ2n) is 6.49. The molecule has 1 aliphatic heterocycles. The summed E-state index contributed by atoms with van der Waals surface area (Å²) in [6, 6.07) is 15.1. The van der Waals surface area contributed by atoms with Crippen molar-refractivity contribution in [2.75, 3.05) is 25.0 Å². The summed E-state index contributed by atoms with van der Waals surface area (Å²) >= 11 is 0. The third-order valence-electron chi connectivity index (χ3n) is 4.44. The highest BCUT2D eigenvalue weighted by atomic mass is 16.5. The number of nitrogens with zero attached hydrogens (tertiary/aromatic N) is 1. The van der Waals surface area contributed by atoms with Crippen molar-refractivity contribution in [1.82, 2.24) is 4.90 Å². The maximum absolute atomic E-state index is 12.3. The van der Waals surface area contributed by atoms with Crippen LogP contribution in [0, 0.1) is 12.8 Å². The Balaban J connectivity index is 1.55. The topological polar surface area (TPSA) is 61.8 Å². The highest BCUT2D eigenvalue weighted by molar-refractivity contribution is 5.89. The van der Waals surface area contributed by atoms with Gasteiger partial charge >= 0.3 is 6.03 Å². The lowest BCUT2D eigenvalue weighted by atomic mass is 10.1. The molecule has 2 amide bonds. The van der Waals surface area contributed by atoms with Gasteiger partial charge in [0.15, 0.2) is 0 Å². The number of aliphatic hydroxyl groups excluding tert-OH is 1. The highest BCUT2D eigenvalue weighted by Gasteiger charge is 2.25. The Morgan fingerprint density at radius 2 is 2.04 bits per heavy atom. The maximum atomic E-state index is 12.3. The number of nitrogens with one attached hydrogen (secondary N) is 1. The molecule has 5 heteroatoms. The van der Waals surface area contributed by atoms with Crippen molar-refractivity contribution < 1.29 is 14.6 Å². The van der Waals surface area contributed by atoms with Crippen LogP contribution in [0.25, 0.3) is 0 Å². The van der Waals surface area contributed by atoms with Crippen LogP contribution in [0.2, 0.25) is 0 Å². The van der Waals surface area contributed by atoms with Crippen LogP contribution in [0.5, 0.6) is 11.5 Å². The molecular formula is C20H24N2O3. The predicted octanol–water partition coefficient (Wildman–Crippen LogP) is 4.02. The van der Waals surface area contributed by atoms with E-state index < -0.39 is 0 Å². The molecule has 1 saturated heterocycles. The fourth-order valence-electron chi connectivity index (χ4n) is 3.06. The lowest BCUT2D eigenvalue weighted by Crippen LogP contribution is -2.33. The molecule has 0 saturated carbocycles. The van der Waals surface area contributed by atoms with Crippen LogP contribution in [0.15, 0.2) is 48.5 Å². The molecule has 2 N–H and O–H groups in total. The third kappa shape index (κ3) is 4.73. The highest BCUT2D eigenvalue weighted by Crippen LogP contribution is 2.24. The molecule has 25 heavy (non-hydrogen) atoms. The molecule has 5 nitrogen and oxygen atoms in total. The number of hydrogen-bond donors (Lipinski definition) is 2. The van der Waals surface area contributed by atoms with Crippen molar-refractivity contribution in [2.45, 2.75) is 19.8 Å². The van der Waals surface area contributed by atoms with Crippen molar-refractivity contribution in [2.24, 2.45) is 5.92 Å². The second kappa shape index (κ2) is 8.03. The number of anilines is 1. The number of likely N-dealkylation sites (tertiary alicyclic amines) is 1. The average Bonchev–Trinajstić information content (AvgIpc) is 3.06. The van der Waals surface area contributed by atoms with Crippen LogP contribution in [0.1, 0.15) is 18.4 Å². The number of aryl methyl sites for hydroxylation is 1. The molecule has 0 aliphatic carbocycles. The Morgan fingerprint density at radius 1 is 1.24 bits per heavy atom. The summed E-state index contributed by atoms with van der Waals surface area (Å²) in [5.41, 5.74) is 1.89. The maximum Gasteiger partial charge on any atom is 0.321 e. The summed E-state index contributed by atoms with van der Waals surface area (Å²) < 4.78 is 5.81. The molecule has 2 aromatic carbocycles. The number of aliphatic hydroxyl groups is 1. The van der Waals surface area contributed by atoms with E-state index in [1.807, 2.05) is 55.5 Å². The van der Waals surface area contributed by atoms with Crippen molar-refractivity contribution in [3.05, 3.63) is 54.1 Å². The van der Waals surface area contributed by atoms with Crippen LogP contribution < -0.4 is 10.1 Å². The minimum Gasteiger partial charge on any atom is -0.457 e. The minimum absolute atomic E-state index is 0.0900. The number of ether oxygens (including phenoxy) is 1. The van der Waals surface area contributed by atoms with Gasteiger partial charge in [-0.05, 0) is 67.6 Å². The first kappa shape index (κ1) is 17.3. The molecule has 132 valence electrons. The Bertz CT molecular complexity index is 715. The molecule has 0 spiro atoms. The fraction of sp³-hybridized carbons (Fsp3) is 0.350. The first-order chi connectivity index (χ1) is 12.1. The summed E-state index contributed by atoms with van der Waals surface area (Å²) in [6.07, 6.45) is 1.71. The number of urea groups is 1.